The van der Waals surface area contributed by atoms with Crippen LogP contribution < -0.4 is 5.73 Å². The van der Waals surface area contributed by atoms with Crippen molar-refractivity contribution in [3.05, 3.63) is 65.7 Å². The van der Waals surface area contributed by atoms with E-state index in [0.29, 0.717) is 18.0 Å². The van der Waals surface area contributed by atoms with Crippen LogP contribution in [0.1, 0.15) is 11.1 Å². The lowest BCUT2D eigenvalue weighted by molar-refractivity contribution is 0.413. The smallest absolute Gasteiger partial charge is 0.243 e. The van der Waals surface area contributed by atoms with Crippen LogP contribution in [0.5, 0.6) is 0 Å². The summed E-state index contributed by atoms with van der Waals surface area (Å²) in [5, 5.41) is 0. The maximum Gasteiger partial charge on any atom is 0.243 e. The van der Waals surface area contributed by atoms with Gasteiger partial charge >= 0.3 is 0 Å². The highest BCUT2D eigenvalue weighted by atomic mass is 35.5. The van der Waals surface area contributed by atoms with Gasteiger partial charge in [0, 0.05) is 19.6 Å². The number of nitrogens with zero attached hydrogens (tertiary/aromatic N) is 1. The zero-order valence-corrected chi connectivity index (χ0v) is 14.1. The second-order valence-electron chi connectivity index (χ2n) is 4.88. The van der Waals surface area contributed by atoms with Crippen LogP contribution in [0.25, 0.3) is 0 Å². The first-order valence-corrected chi connectivity index (χ1v) is 8.29. The average molecular weight is 341 g/mol. The van der Waals surface area contributed by atoms with Crippen LogP contribution in [0, 0.1) is 6.92 Å². The van der Waals surface area contributed by atoms with Crippen molar-refractivity contribution in [3.8, 4) is 0 Å². The maximum atomic E-state index is 12.8. The van der Waals surface area contributed by atoms with Gasteiger partial charge in [0.05, 0.1) is 4.90 Å². The molecule has 0 fully saturated rings. The standard InChI is InChI=1S/C16H20N2O2S.ClH/c1-14-7-5-6-10-16(14)21(19,20)18(12-11-17)13-15-8-3-2-4-9-15;/h2-10H,11-13,17H2,1H3;1H. The summed E-state index contributed by atoms with van der Waals surface area (Å²) < 4.78 is 27.1. The van der Waals surface area contributed by atoms with Crippen molar-refractivity contribution >= 4 is 22.4 Å². The molecule has 0 aliphatic carbocycles. The monoisotopic (exact) mass is 340 g/mol. The molecule has 6 heteroatoms. The highest BCUT2D eigenvalue weighted by molar-refractivity contribution is 7.89. The van der Waals surface area contributed by atoms with Crippen LogP contribution in [0.15, 0.2) is 59.5 Å². The summed E-state index contributed by atoms with van der Waals surface area (Å²) in [4.78, 5) is 0.342. The fraction of sp³-hybridized carbons (Fsp3) is 0.250. The molecule has 2 N–H and O–H groups in total. The number of aryl methyl sites for hydroxylation is 1. The molecule has 2 aromatic carbocycles. The molecule has 0 atom stereocenters. The van der Waals surface area contributed by atoms with Gasteiger partial charge in [-0.1, -0.05) is 48.5 Å². The van der Waals surface area contributed by atoms with Crippen LogP contribution in [0.2, 0.25) is 0 Å². The van der Waals surface area contributed by atoms with E-state index in [4.69, 9.17) is 5.73 Å². The van der Waals surface area contributed by atoms with Gasteiger partial charge in [0.15, 0.2) is 0 Å². The number of benzene rings is 2. The Bertz CT molecular complexity index is 690. The van der Waals surface area contributed by atoms with Crippen molar-refractivity contribution in [1.82, 2.24) is 4.31 Å². The molecule has 0 radical (unpaired) electrons. The summed E-state index contributed by atoms with van der Waals surface area (Å²) in [5.41, 5.74) is 7.28. The van der Waals surface area contributed by atoms with Crippen molar-refractivity contribution in [3.63, 3.8) is 0 Å². The Morgan fingerprint density at radius 1 is 1.00 bits per heavy atom. The van der Waals surface area contributed by atoms with Crippen LogP contribution in [0.3, 0.4) is 0 Å². The molecule has 0 unspecified atom stereocenters. The molecule has 0 aliphatic rings. The van der Waals surface area contributed by atoms with E-state index >= 15 is 0 Å². The number of hydrogen-bond donors (Lipinski definition) is 1. The quantitative estimate of drug-likeness (QED) is 0.879. The molecule has 0 spiro atoms. The van der Waals surface area contributed by atoms with Gasteiger partial charge in [-0.15, -0.1) is 12.4 Å². The third-order valence-electron chi connectivity index (χ3n) is 3.29. The largest absolute Gasteiger partial charge is 0.329 e. The summed E-state index contributed by atoms with van der Waals surface area (Å²) >= 11 is 0. The Kier molecular flexibility index (Phi) is 7.03. The number of rotatable bonds is 6. The van der Waals surface area contributed by atoms with Crippen molar-refractivity contribution in [2.24, 2.45) is 5.73 Å². The van der Waals surface area contributed by atoms with E-state index in [1.165, 1.54) is 4.31 Å². The summed E-state index contributed by atoms with van der Waals surface area (Å²) in [6.45, 7) is 2.72. The fourth-order valence-electron chi connectivity index (χ4n) is 2.20. The molecule has 2 aromatic rings. The molecular weight excluding hydrogens is 320 g/mol. The first-order valence-electron chi connectivity index (χ1n) is 6.85. The molecule has 2 rings (SSSR count). The zero-order chi connectivity index (χ0) is 15.3. The highest BCUT2D eigenvalue weighted by Gasteiger charge is 2.25. The lowest BCUT2D eigenvalue weighted by Crippen LogP contribution is -2.35. The Balaban J connectivity index is 0.00000242. The minimum Gasteiger partial charge on any atom is -0.329 e. The molecule has 4 nitrogen and oxygen atoms in total. The highest BCUT2D eigenvalue weighted by Crippen LogP contribution is 2.21. The lowest BCUT2D eigenvalue weighted by atomic mass is 10.2. The van der Waals surface area contributed by atoms with E-state index in [1.807, 2.05) is 36.4 Å². The van der Waals surface area contributed by atoms with Crippen LogP contribution in [0.4, 0.5) is 0 Å². The van der Waals surface area contributed by atoms with Gasteiger partial charge in [0.25, 0.3) is 0 Å². The molecule has 0 saturated carbocycles. The normalized spacial score (nSPS) is 11.2. The molecule has 22 heavy (non-hydrogen) atoms. The van der Waals surface area contributed by atoms with E-state index in [-0.39, 0.29) is 19.0 Å². The topological polar surface area (TPSA) is 63.4 Å². The van der Waals surface area contributed by atoms with Gasteiger partial charge in [-0.25, -0.2) is 8.42 Å². The predicted molar refractivity (Wildman–Crippen MR) is 91.5 cm³/mol. The minimum absolute atomic E-state index is 0. The first-order chi connectivity index (χ1) is 10.1. The summed E-state index contributed by atoms with van der Waals surface area (Å²) in [5.74, 6) is 0. The van der Waals surface area contributed by atoms with Crippen LogP contribution >= 0.6 is 12.4 Å². The Morgan fingerprint density at radius 2 is 1.59 bits per heavy atom. The predicted octanol–water partition coefficient (Wildman–Crippen LogP) is 2.57. The molecular formula is C16H21ClN2O2S. The van der Waals surface area contributed by atoms with E-state index < -0.39 is 10.0 Å². The van der Waals surface area contributed by atoms with E-state index in [1.54, 1.807) is 25.1 Å². The van der Waals surface area contributed by atoms with Gasteiger partial charge in [0.1, 0.15) is 0 Å². The average Bonchev–Trinajstić information content (AvgIpc) is 2.48. The van der Waals surface area contributed by atoms with Gasteiger partial charge in [0.2, 0.25) is 10.0 Å². The molecule has 0 aromatic heterocycles. The Morgan fingerprint density at radius 3 is 2.18 bits per heavy atom. The number of nitrogens with two attached hydrogens (primary N) is 1. The van der Waals surface area contributed by atoms with Crippen LogP contribution in [-0.4, -0.2) is 25.8 Å². The summed E-state index contributed by atoms with van der Waals surface area (Å²) in [7, 11) is -3.54. The van der Waals surface area contributed by atoms with Crippen LogP contribution in [-0.2, 0) is 16.6 Å². The second kappa shape index (κ2) is 8.29. The molecule has 120 valence electrons. The fourth-order valence-corrected chi connectivity index (χ4v) is 3.87. The lowest BCUT2D eigenvalue weighted by Gasteiger charge is -2.22. The third kappa shape index (κ3) is 4.30. The molecule has 0 heterocycles. The molecule has 0 aliphatic heterocycles. The summed E-state index contributed by atoms with van der Waals surface area (Å²) in [6, 6.07) is 16.5. The zero-order valence-electron chi connectivity index (χ0n) is 12.5. The van der Waals surface area contributed by atoms with E-state index in [2.05, 4.69) is 0 Å². The van der Waals surface area contributed by atoms with Gasteiger partial charge in [-0.2, -0.15) is 4.31 Å². The molecule has 0 amide bonds. The molecule has 0 bridgehead atoms. The van der Waals surface area contributed by atoms with Crippen molar-refractivity contribution in [2.75, 3.05) is 13.1 Å². The molecule has 0 saturated heterocycles. The Hall–Kier alpha value is -1.40. The number of sulfonamides is 1. The number of halogens is 1. The third-order valence-corrected chi connectivity index (χ3v) is 5.30. The number of hydrogen-bond acceptors (Lipinski definition) is 3. The SMILES string of the molecule is Cc1ccccc1S(=O)(=O)N(CCN)Cc1ccccc1.Cl. The van der Waals surface area contributed by atoms with E-state index in [9.17, 15) is 8.42 Å². The second-order valence-corrected chi connectivity index (χ2v) is 6.78. The minimum atomic E-state index is -3.54. The van der Waals surface area contributed by atoms with Gasteiger partial charge in [-0.3, -0.25) is 0 Å². The van der Waals surface area contributed by atoms with Gasteiger partial charge < -0.3 is 5.73 Å². The maximum absolute atomic E-state index is 12.8. The van der Waals surface area contributed by atoms with Crippen molar-refractivity contribution in [1.29, 1.82) is 0 Å². The van der Waals surface area contributed by atoms with Crippen molar-refractivity contribution in [2.45, 2.75) is 18.4 Å². The van der Waals surface area contributed by atoms with E-state index in [0.717, 1.165) is 11.1 Å². The first kappa shape index (κ1) is 18.6. The summed E-state index contributed by atoms with van der Waals surface area (Å²) in [6.07, 6.45) is 0. The Labute approximate surface area is 138 Å². The van der Waals surface area contributed by atoms with Gasteiger partial charge in [-0.05, 0) is 24.1 Å². The van der Waals surface area contributed by atoms with Crippen molar-refractivity contribution < 1.29 is 8.42 Å².